The van der Waals surface area contributed by atoms with Gasteiger partial charge in [-0.2, -0.15) is 5.26 Å². The van der Waals surface area contributed by atoms with Gasteiger partial charge in [0.1, 0.15) is 24.0 Å². The maximum atomic E-state index is 12.4. The Bertz CT molecular complexity index is 1190. The summed E-state index contributed by atoms with van der Waals surface area (Å²) in [5.74, 6) is 0.0310. The van der Waals surface area contributed by atoms with Crippen LogP contribution in [0.1, 0.15) is 11.1 Å². The molecule has 0 bridgehead atoms. The van der Waals surface area contributed by atoms with Gasteiger partial charge in [-0.05, 0) is 53.6 Å². The van der Waals surface area contributed by atoms with Crippen LogP contribution in [0, 0.1) is 11.3 Å². The van der Waals surface area contributed by atoms with Gasteiger partial charge >= 0.3 is 0 Å². The number of hydrogen-bond acceptors (Lipinski definition) is 3. The van der Waals surface area contributed by atoms with E-state index in [9.17, 15) is 10.1 Å². The SMILES string of the molecule is N#C/C(=C/c1ccc(OCc2ccc(Cl)c(Cl)c2)cc1)C(=O)Nc1cccc(Cl)c1Cl. The molecular weight excluding hydrogens is 478 g/mol. The number of ether oxygens (including phenoxy) is 1. The van der Waals surface area contributed by atoms with Crippen molar-refractivity contribution in [3.63, 3.8) is 0 Å². The first-order chi connectivity index (χ1) is 14.9. The Kier molecular flexibility index (Phi) is 7.84. The van der Waals surface area contributed by atoms with Crippen LogP contribution in [-0.2, 0) is 11.4 Å². The Morgan fingerprint density at radius 1 is 0.968 bits per heavy atom. The minimum absolute atomic E-state index is 0.0829. The first kappa shape index (κ1) is 23.0. The van der Waals surface area contributed by atoms with Crippen molar-refractivity contribution in [2.24, 2.45) is 0 Å². The average molecular weight is 492 g/mol. The van der Waals surface area contributed by atoms with Gasteiger partial charge in [-0.25, -0.2) is 0 Å². The molecule has 1 amide bonds. The van der Waals surface area contributed by atoms with Crippen LogP contribution in [0.2, 0.25) is 20.1 Å². The van der Waals surface area contributed by atoms with Crippen molar-refractivity contribution < 1.29 is 9.53 Å². The normalized spacial score (nSPS) is 11.0. The van der Waals surface area contributed by atoms with E-state index in [1.165, 1.54) is 6.08 Å². The summed E-state index contributed by atoms with van der Waals surface area (Å²) in [5, 5.41) is 13.4. The fourth-order valence-electron chi connectivity index (χ4n) is 2.56. The van der Waals surface area contributed by atoms with Crippen LogP contribution < -0.4 is 10.1 Å². The summed E-state index contributed by atoms with van der Waals surface area (Å²) in [4.78, 5) is 12.4. The molecule has 0 heterocycles. The van der Waals surface area contributed by atoms with E-state index in [0.717, 1.165) is 5.56 Å². The number of benzene rings is 3. The van der Waals surface area contributed by atoms with Crippen LogP contribution in [-0.4, -0.2) is 5.91 Å². The number of nitrogens with one attached hydrogen (secondary N) is 1. The Morgan fingerprint density at radius 2 is 1.71 bits per heavy atom. The molecule has 0 spiro atoms. The van der Waals surface area contributed by atoms with Gasteiger partial charge in [0.2, 0.25) is 0 Å². The van der Waals surface area contributed by atoms with E-state index in [1.807, 2.05) is 12.1 Å². The van der Waals surface area contributed by atoms with Crippen molar-refractivity contribution >= 4 is 64.1 Å². The van der Waals surface area contributed by atoms with Crippen LogP contribution in [0.4, 0.5) is 5.69 Å². The monoisotopic (exact) mass is 490 g/mol. The minimum Gasteiger partial charge on any atom is -0.489 e. The summed E-state index contributed by atoms with van der Waals surface area (Å²) >= 11 is 23.9. The van der Waals surface area contributed by atoms with E-state index in [4.69, 9.17) is 51.1 Å². The van der Waals surface area contributed by atoms with Crippen LogP contribution in [0.15, 0.2) is 66.2 Å². The quantitative estimate of drug-likeness (QED) is 0.288. The Labute approximate surface area is 199 Å². The molecule has 4 nitrogen and oxygen atoms in total. The maximum absolute atomic E-state index is 12.4. The molecule has 0 unspecified atom stereocenters. The molecule has 0 saturated carbocycles. The summed E-state index contributed by atoms with van der Waals surface area (Å²) < 4.78 is 5.73. The molecule has 1 N–H and O–H groups in total. The molecule has 156 valence electrons. The minimum atomic E-state index is -0.591. The number of hydrogen-bond donors (Lipinski definition) is 1. The van der Waals surface area contributed by atoms with Crippen LogP contribution in [0.25, 0.3) is 6.08 Å². The molecule has 3 rings (SSSR count). The molecule has 3 aromatic carbocycles. The third-order valence-corrected chi connectivity index (χ3v) is 5.70. The number of amides is 1. The molecule has 0 fully saturated rings. The zero-order chi connectivity index (χ0) is 22.4. The smallest absolute Gasteiger partial charge is 0.266 e. The number of carbonyl (C=O) groups excluding carboxylic acids is 1. The van der Waals surface area contributed by atoms with E-state index in [1.54, 1.807) is 54.6 Å². The van der Waals surface area contributed by atoms with E-state index in [-0.39, 0.29) is 10.6 Å². The fraction of sp³-hybridized carbons (Fsp3) is 0.0435. The highest BCUT2D eigenvalue weighted by atomic mass is 35.5. The molecule has 0 atom stereocenters. The standard InChI is InChI=1S/C23H14Cl4N2O2/c24-18-9-6-15(11-20(18)26)13-31-17-7-4-14(5-8-17)10-16(12-28)23(30)29-21-3-1-2-19(25)22(21)27/h1-11H,13H2,(H,29,30)/b16-10-. The van der Waals surface area contributed by atoms with Crippen molar-refractivity contribution in [2.75, 3.05) is 5.32 Å². The lowest BCUT2D eigenvalue weighted by Gasteiger charge is -2.08. The molecule has 0 aliphatic carbocycles. The highest BCUT2D eigenvalue weighted by Crippen LogP contribution is 2.30. The van der Waals surface area contributed by atoms with Gasteiger partial charge in [-0.15, -0.1) is 0 Å². The molecule has 0 saturated heterocycles. The highest BCUT2D eigenvalue weighted by Gasteiger charge is 2.13. The fourth-order valence-corrected chi connectivity index (χ4v) is 3.23. The number of halogens is 4. The van der Waals surface area contributed by atoms with Gasteiger partial charge in [-0.3, -0.25) is 4.79 Å². The first-order valence-corrected chi connectivity index (χ1v) is 10.4. The van der Waals surface area contributed by atoms with Gasteiger partial charge in [0.15, 0.2) is 0 Å². The van der Waals surface area contributed by atoms with Gasteiger partial charge in [-0.1, -0.05) is 70.7 Å². The number of nitriles is 1. The zero-order valence-electron chi connectivity index (χ0n) is 15.8. The Hall–Kier alpha value is -2.68. The molecule has 0 aromatic heterocycles. The molecule has 31 heavy (non-hydrogen) atoms. The van der Waals surface area contributed by atoms with E-state index in [2.05, 4.69) is 5.32 Å². The highest BCUT2D eigenvalue weighted by molar-refractivity contribution is 6.44. The molecule has 8 heteroatoms. The largest absolute Gasteiger partial charge is 0.489 e. The van der Waals surface area contributed by atoms with Gasteiger partial charge in [0.05, 0.1) is 25.8 Å². The second-order valence-electron chi connectivity index (χ2n) is 6.33. The van der Waals surface area contributed by atoms with E-state index >= 15 is 0 Å². The van der Waals surface area contributed by atoms with Crippen LogP contribution in [0.3, 0.4) is 0 Å². The second kappa shape index (κ2) is 10.6. The summed E-state index contributed by atoms with van der Waals surface area (Å²) in [7, 11) is 0. The number of nitrogens with zero attached hydrogens (tertiary/aromatic N) is 1. The summed E-state index contributed by atoms with van der Waals surface area (Å²) in [5.41, 5.74) is 1.78. The van der Waals surface area contributed by atoms with Crippen molar-refractivity contribution in [3.8, 4) is 11.8 Å². The Morgan fingerprint density at radius 3 is 2.39 bits per heavy atom. The third kappa shape index (κ3) is 6.16. The second-order valence-corrected chi connectivity index (χ2v) is 7.93. The Balaban J connectivity index is 1.67. The maximum Gasteiger partial charge on any atom is 0.266 e. The van der Waals surface area contributed by atoms with Gasteiger partial charge in [0.25, 0.3) is 5.91 Å². The van der Waals surface area contributed by atoms with E-state index in [0.29, 0.717) is 38.7 Å². The topological polar surface area (TPSA) is 62.1 Å². The lowest BCUT2D eigenvalue weighted by Crippen LogP contribution is -2.13. The van der Waals surface area contributed by atoms with Crippen molar-refractivity contribution in [3.05, 3.63) is 97.5 Å². The van der Waals surface area contributed by atoms with Crippen LogP contribution >= 0.6 is 46.4 Å². The summed E-state index contributed by atoms with van der Waals surface area (Å²) in [6.07, 6.45) is 1.47. The van der Waals surface area contributed by atoms with Crippen molar-refractivity contribution in [2.45, 2.75) is 6.61 Å². The molecule has 3 aromatic rings. The lowest BCUT2D eigenvalue weighted by atomic mass is 10.1. The van der Waals surface area contributed by atoms with Gasteiger partial charge < -0.3 is 10.1 Å². The first-order valence-electron chi connectivity index (χ1n) is 8.91. The van der Waals surface area contributed by atoms with E-state index < -0.39 is 5.91 Å². The summed E-state index contributed by atoms with van der Waals surface area (Å²) in [6, 6.07) is 19.0. The molecule has 0 aliphatic heterocycles. The number of rotatable bonds is 6. The average Bonchev–Trinajstić information content (AvgIpc) is 2.76. The number of anilines is 1. The third-order valence-electron chi connectivity index (χ3n) is 4.15. The molecular formula is C23H14Cl4N2O2. The van der Waals surface area contributed by atoms with Gasteiger partial charge in [0, 0.05) is 0 Å². The van der Waals surface area contributed by atoms with Crippen LogP contribution in [0.5, 0.6) is 5.75 Å². The number of carbonyl (C=O) groups is 1. The zero-order valence-corrected chi connectivity index (χ0v) is 18.9. The van der Waals surface area contributed by atoms with Crippen molar-refractivity contribution in [1.82, 2.24) is 0 Å². The lowest BCUT2D eigenvalue weighted by molar-refractivity contribution is -0.112. The molecule has 0 aliphatic rings. The van der Waals surface area contributed by atoms with Crippen molar-refractivity contribution in [1.29, 1.82) is 5.26 Å². The molecule has 0 radical (unpaired) electrons. The predicted molar refractivity (Wildman–Crippen MR) is 126 cm³/mol. The summed E-state index contributed by atoms with van der Waals surface area (Å²) in [6.45, 7) is 0.318. The predicted octanol–water partition coefficient (Wildman–Crippen LogP) is 7.42.